The molecule has 1 fully saturated rings. The Morgan fingerprint density at radius 3 is 3.06 bits per heavy atom. The molecule has 2 unspecified atom stereocenters. The summed E-state index contributed by atoms with van der Waals surface area (Å²) < 4.78 is 11.2. The van der Waals surface area contributed by atoms with Gasteiger partial charge in [-0.1, -0.05) is 0 Å². The lowest BCUT2D eigenvalue weighted by atomic mass is 10.2. The first kappa shape index (κ1) is 11.1. The number of fused-ring (bicyclic) bond motifs is 1. The summed E-state index contributed by atoms with van der Waals surface area (Å²) in [6, 6.07) is 3.51. The van der Waals surface area contributed by atoms with Crippen LogP contribution in [0.1, 0.15) is 19.8 Å². The highest BCUT2D eigenvalue weighted by atomic mass is 32.2. The van der Waals surface area contributed by atoms with Crippen molar-refractivity contribution >= 4 is 29.1 Å². The molecule has 0 saturated carbocycles. The topological polar surface area (TPSA) is 55.8 Å². The summed E-state index contributed by atoms with van der Waals surface area (Å²) >= 11 is 2.94. The lowest BCUT2D eigenvalue weighted by Gasteiger charge is -2.26. The monoisotopic (exact) mass is 270 g/mol. The van der Waals surface area contributed by atoms with E-state index in [1.54, 1.807) is 17.8 Å². The van der Waals surface area contributed by atoms with E-state index in [0.29, 0.717) is 18.1 Å². The minimum Gasteiger partial charge on any atom is -0.492 e. The number of thiophene rings is 1. The second-order valence-electron chi connectivity index (χ2n) is 3.72. The van der Waals surface area contributed by atoms with E-state index in [4.69, 9.17) is 14.6 Å². The molecule has 0 aromatic carbocycles. The molecule has 0 spiro atoms. The van der Waals surface area contributed by atoms with E-state index < -0.39 is 5.97 Å². The van der Waals surface area contributed by atoms with Crippen molar-refractivity contribution in [3.63, 3.8) is 0 Å². The Hall–Kier alpha value is -0.980. The Bertz CT molecular complexity index is 480. The van der Waals surface area contributed by atoms with Crippen LogP contribution in [-0.4, -0.2) is 30.4 Å². The van der Waals surface area contributed by atoms with Crippen molar-refractivity contribution in [3.05, 3.63) is 33.1 Å². The smallest absolute Gasteiger partial charge is 0.345 e. The molecule has 0 radical (unpaired) electrons. The van der Waals surface area contributed by atoms with Crippen molar-refractivity contribution < 1.29 is 19.4 Å². The van der Waals surface area contributed by atoms with Crippen molar-refractivity contribution in [2.24, 2.45) is 0 Å². The molecule has 2 aliphatic rings. The fraction of sp³-hybridized carbons (Fsp3) is 0.364. The van der Waals surface area contributed by atoms with Gasteiger partial charge in [-0.2, -0.15) is 0 Å². The maximum absolute atomic E-state index is 10.8. The van der Waals surface area contributed by atoms with Gasteiger partial charge in [-0.3, -0.25) is 0 Å². The first-order chi connectivity index (χ1) is 8.25. The zero-order valence-electron chi connectivity index (χ0n) is 8.79. The molecule has 1 aromatic heterocycles. The Balaban J connectivity index is 1.83. The Morgan fingerprint density at radius 2 is 2.29 bits per heavy atom. The molecule has 17 heavy (non-hydrogen) atoms. The molecule has 2 aliphatic heterocycles. The van der Waals surface area contributed by atoms with Gasteiger partial charge < -0.3 is 14.6 Å². The standard InChI is InChI=1S/C11H10O4S2/c12-11(13)8-2-1-7(17-8)10-9-6(5-16-10)14-3-4-15-9/h1-2,5,9-10H,3-4H2,(H,12,13). The largest absolute Gasteiger partial charge is 0.492 e. The minimum atomic E-state index is -0.877. The average molecular weight is 270 g/mol. The number of carboxylic acid groups (broad SMARTS) is 1. The van der Waals surface area contributed by atoms with E-state index in [0.717, 1.165) is 10.6 Å². The van der Waals surface area contributed by atoms with Crippen LogP contribution in [0.25, 0.3) is 0 Å². The van der Waals surface area contributed by atoms with Crippen LogP contribution in [-0.2, 0) is 9.47 Å². The molecule has 1 saturated heterocycles. The highest BCUT2D eigenvalue weighted by Crippen LogP contribution is 2.47. The molecule has 3 heterocycles. The fourth-order valence-corrected chi connectivity index (χ4v) is 4.10. The quantitative estimate of drug-likeness (QED) is 0.894. The lowest BCUT2D eigenvalue weighted by molar-refractivity contribution is -0.0397. The van der Waals surface area contributed by atoms with Crippen LogP contribution < -0.4 is 0 Å². The molecule has 0 amide bonds. The van der Waals surface area contributed by atoms with Gasteiger partial charge >= 0.3 is 5.97 Å². The number of hydrogen-bond acceptors (Lipinski definition) is 5. The number of carbonyl (C=O) groups is 1. The van der Waals surface area contributed by atoms with E-state index in [2.05, 4.69) is 0 Å². The maximum Gasteiger partial charge on any atom is 0.345 e. The van der Waals surface area contributed by atoms with Gasteiger partial charge in [0, 0.05) is 10.3 Å². The molecular formula is C11H10O4S2. The molecule has 0 aliphatic carbocycles. The van der Waals surface area contributed by atoms with Crippen LogP contribution in [0.3, 0.4) is 0 Å². The number of carboxylic acids is 1. The number of thioether (sulfide) groups is 1. The van der Waals surface area contributed by atoms with E-state index in [1.165, 1.54) is 11.3 Å². The third-order valence-electron chi connectivity index (χ3n) is 2.65. The van der Waals surface area contributed by atoms with Gasteiger partial charge in [0.1, 0.15) is 23.3 Å². The summed E-state index contributed by atoms with van der Waals surface area (Å²) in [5.74, 6) is -0.00485. The average Bonchev–Trinajstić information content (AvgIpc) is 2.95. The van der Waals surface area contributed by atoms with Gasteiger partial charge in [0.25, 0.3) is 0 Å². The predicted molar refractivity (Wildman–Crippen MR) is 65.4 cm³/mol. The third kappa shape index (κ3) is 1.96. The Morgan fingerprint density at radius 1 is 1.41 bits per heavy atom. The summed E-state index contributed by atoms with van der Waals surface area (Å²) in [7, 11) is 0. The summed E-state index contributed by atoms with van der Waals surface area (Å²) in [4.78, 5) is 12.2. The van der Waals surface area contributed by atoms with Crippen LogP contribution in [0.2, 0.25) is 0 Å². The SMILES string of the molecule is O=C(O)c1ccc(C2SC=C3OCCOC32)s1. The van der Waals surface area contributed by atoms with Gasteiger partial charge in [0.15, 0.2) is 0 Å². The van der Waals surface area contributed by atoms with Crippen molar-refractivity contribution in [2.45, 2.75) is 11.4 Å². The highest BCUT2D eigenvalue weighted by Gasteiger charge is 2.37. The summed E-state index contributed by atoms with van der Waals surface area (Å²) in [5, 5.41) is 11.0. The number of ether oxygens (including phenoxy) is 2. The molecular weight excluding hydrogens is 260 g/mol. The third-order valence-corrected chi connectivity index (χ3v) is 5.12. The van der Waals surface area contributed by atoms with E-state index in [9.17, 15) is 4.79 Å². The summed E-state index contributed by atoms with van der Waals surface area (Å²) in [6.07, 6.45) is -0.0611. The van der Waals surface area contributed by atoms with Crippen molar-refractivity contribution in [2.75, 3.05) is 13.2 Å². The molecule has 90 valence electrons. The zero-order chi connectivity index (χ0) is 11.8. The van der Waals surface area contributed by atoms with Crippen LogP contribution in [0.15, 0.2) is 23.3 Å². The maximum atomic E-state index is 10.8. The molecule has 2 atom stereocenters. The van der Waals surface area contributed by atoms with Crippen molar-refractivity contribution in [3.8, 4) is 0 Å². The molecule has 4 nitrogen and oxygen atoms in total. The van der Waals surface area contributed by atoms with Crippen LogP contribution in [0, 0.1) is 0 Å². The molecule has 1 N–H and O–H groups in total. The first-order valence-electron chi connectivity index (χ1n) is 5.18. The first-order valence-corrected chi connectivity index (χ1v) is 6.94. The lowest BCUT2D eigenvalue weighted by Crippen LogP contribution is -2.27. The van der Waals surface area contributed by atoms with Gasteiger partial charge in [0.2, 0.25) is 0 Å². The molecule has 3 rings (SSSR count). The normalized spacial score (nSPS) is 27.2. The molecule has 0 bridgehead atoms. The summed E-state index contributed by atoms with van der Waals surface area (Å²) in [6.45, 7) is 1.19. The highest BCUT2D eigenvalue weighted by molar-refractivity contribution is 8.02. The second kappa shape index (κ2) is 4.36. The number of rotatable bonds is 2. The number of hydrogen-bond donors (Lipinski definition) is 1. The molecule has 1 aromatic rings. The van der Waals surface area contributed by atoms with E-state index in [-0.39, 0.29) is 11.4 Å². The van der Waals surface area contributed by atoms with Gasteiger partial charge in [-0.25, -0.2) is 4.79 Å². The van der Waals surface area contributed by atoms with Crippen LogP contribution >= 0.6 is 23.1 Å². The Kier molecular flexibility index (Phi) is 2.85. The van der Waals surface area contributed by atoms with E-state index in [1.807, 2.05) is 11.5 Å². The second-order valence-corrected chi connectivity index (χ2v) is 5.86. The van der Waals surface area contributed by atoms with Gasteiger partial charge in [-0.05, 0) is 12.1 Å². The zero-order valence-corrected chi connectivity index (χ0v) is 10.4. The van der Waals surface area contributed by atoms with Crippen LogP contribution in [0.5, 0.6) is 0 Å². The number of aromatic carboxylic acids is 1. The predicted octanol–water partition coefficient (Wildman–Crippen LogP) is 2.49. The fourth-order valence-electron chi connectivity index (χ4n) is 1.89. The summed E-state index contributed by atoms with van der Waals surface area (Å²) in [5.41, 5.74) is 0. The van der Waals surface area contributed by atoms with Crippen molar-refractivity contribution in [1.82, 2.24) is 0 Å². The van der Waals surface area contributed by atoms with Crippen LogP contribution in [0.4, 0.5) is 0 Å². The molecule has 6 heteroatoms. The van der Waals surface area contributed by atoms with E-state index >= 15 is 0 Å². The van der Waals surface area contributed by atoms with Gasteiger partial charge in [-0.15, -0.1) is 23.1 Å². The van der Waals surface area contributed by atoms with Gasteiger partial charge in [0.05, 0.1) is 11.9 Å². The minimum absolute atomic E-state index is 0.0611. The Labute approximate surface area is 106 Å². The van der Waals surface area contributed by atoms with Crippen molar-refractivity contribution in [1.29, 1.82) is 0 Å².